The summed E-state index contributed by atoms with van der Waals surface area (Å²) in [6, 6.07) is 7.44. The number of aromatic amines is 1. The molecule has 1 aromatic carbocycles. The van der Waals surface area contributed by atoms with E-state index in [0.29, 0.717) is 23.7 Å². The van der Waals surface area contributed by atoms with Crippen molar-refractivity contribution in [2.75, 3.05) is 6.61 Å². The molecule has 1 aromatic heterocycles. The SMILES string of the molecule is Cc1cc(C)c(CNC(=O)c2ccc3c(c2)OCC(C)C3)c(=O)[nH]1. The van der Waals surface area contributed by atoms with Crippen molar-refractivity contribution in [2.24, 2.45) is 5.92 Å². The highest BCUT2D eigenvalue weighted by Gasteiger charge is 2.18. The van der Waals surface area contributed by atoms with Crippen LogP contribution in [0.5, 0.6) is 5.75 Å². The molecule has 0 fully saturated rings. The van der Waals surface area contributed by atoms with Crippen molar-refractivity contribution in [1.82, 2.24) is 10.3 Å². The molecule has 2 N–H and O–H groups in total. The van der Waals surface area contributed by atoms with Gasteiger partial charge in [0.15, 0.2) is 0 Å². The summed E-state index contributed by atoms with van der Waals surface area (Å²) in [5, 5.41) is 2.82. The minimum absolute atomic E-state index is 0.157. The second-order valence-electron chi connectivity index (χ2n) is 6.57. The van der Waals surface area contributed by atoms with E-state index in [1.54, 1.807) is 6.07 Å². The predicted octanol–water partition coefficient (Wildman–Crippen LogP) is 2.49. The van der Waals surface area contributed by atoms with Crippen molar-refractivity contribution < 1.29 is 9.53 Å². The monoisotopic (exact) mass is 326 g/mol. The lowest BCUT2D eigenvalue weighted by atomic mass is 9.97. The molecule has 3 rings (SSSR count). The van der Waals surface area contributed by atoms with E-state index in [2.05, 4.69) is 17.2 Å². The number of nitrogens with one attached hydrogen (secondary N) is 2. The molecule has 1 aliphatic heterocycles. The van der Waals surface area contributed by atoms with Gasteiger partial charge in [-0.15, -0.1) is 0 Å². The molecule has 5 nitrogen and oxygen atoms in total. The van der Waals surface area contributed by atoms with E-state index >= 15 is 0 Å². The number of aromatic nitrogens is 1. The average Bonchev–Trinajstić information content (AvgIpc) is 2.53. The van der Waals surface area contributed by atoms with Crippen LogP contribution in [0.4, 0.5) is 0 Å². The number of aryl methyl sites for hydroxylation is 2. The second kappa shape index (κ2) is 6.51. The van der Waals surface area contributed by atoms with Gasteiger partial charge >= 0.3 is 0 Å². The summed E-state index contributed by atoms with van der Waals surface area (Å²) < 4.78 is 5.71. The third-order valence-corrected chi connectivity index (χ3v) is 4.34. The van der Waals surface area contributed by atoms with Crippen molar-refractivity contribution in [3.05, 3.63) is 62.6 Å². The van der Waals surface area contributed by atoms with Gasteiger partial charge in [0, 0.05) is 23.4 Å². The van der Waals surface area contributed by atoms with Crippen LogP contribution in [0.1, 0.15) is 39.7 Å². The van der Waals surface area contributed by atoms with Crippen LogP contribution in [0.3, 0.4) is 0 Å². The molecule has 2 aromatic rings. The Bertz CT molecular complexity index is 839. The lowest BCUT2D eigenvalue weighted by Crippen LogP contribution is -2.28. The van der Waals surface area contributed by atoms with Crippen LogP contribution in [0.15, 0.2) is 29.1 Å². The molecule has 24 heavy (non-hydrogen) atoms. The van der Waals surface area contributed by atoms with E-state index in [4.69, 9.17) is 4.74 Å². The number of benzene rings is 1. The molecule has 0 bridgehead atoms. The quantitative estimate of drug-likeness (QED) is 0.910. The third-order valence-electron chi connectivity index (χ3n) is 4.34. The van der Waals surface area contributed by atoms with Gasteiger partial charge in [-0.2, -0.15) is 0 Å². The zero-order valence-electron chi connectivity index (χ0n) is 14.2. The smallest absolute Gasteiger partial charge is 0.253 e. The van der Waals surface area contributed by atoms with Gasteiger partial charge in [0.2, 0.25) is 0 Å². The van der Waals surface area contributed by atoms with Gasteiger partial charge < -0.3 is 15.0 Å². The third kappa shape index (κ3) is 3.35. The maximum Gasteiger partial charge on any atom is 0.253 e. The molecule has 0 spiro atoms. The number of H-pyrrole nitrogens is 1. The minimum Gasteiger partial charge on any atom is -0.493 e. The summed E-state index contributed by atoms with van der Waals surface area (Å²) in [5.41, 5.74) is 3.79. The number of amides is 1. The molecule has 126 valence electrons. The number of hydrogen-bond acceptors (Lipinski definition) is 3. The first-order valence-corrected chi connectivity index (χ1v) is 8.17. The fourth-order valence-electron chi connectivity index (χ4n) is 3.04. The van der Waals surface area contributed by atoms with Crippen LogP contribution in [-0.2, 0) is 13.0 Å². The normalized spacial score (nSPS) is 16.2. The molecule has 1 amide bonds. The van der Waals surface area contributed by atoms with E-state index < -0.39 is 0 Å². The van der Waals surface area contributed by atoms with Gasteiger partial charge in [0.25, 0.3) is 11.5 Å². The zero-order chi connectivity index (χ0) is 17.3. The predicted molar refractivity (Wildman–Crippen MR) is 92.5 cm³/mol. The molecule has 1 aliphatic rings. The number of carbonyl (C=O) groups is 1. The summed E-state index contributed by atoms with van der Waals surface area (Å²) in [5.74, 6) is 1.07. The average molecular weight is 326 g/mol. The number of rotatable bonds is 3. The summed E-state index contributed by atoms with van der Waals surface area (Å²) in [7, 11) is 0. The maximum absolute atomic E-state index is 12.4. The summed E-state index contributed by atoms with van der Waals surface area (Å²) in [6.07, 6.45) is 0.967. The number of hydrogen-bond donors (Lipinski definition) is 2. The Labute approximate surface area is 141 Å². The Hall–Kier alpha value is -2.56. The summed E-state index contributed by atoms with van der Waals surface area (Å²) in [6.45, 7) is 6.73. The first kappa shape index (κ1) is 16.3. The van der Waals surface area contributed by atoms with Crippen LogP contribution in [-0.4, -0.2) is 17.5 Å². The summed E-state index contributed by atoms with van der Waals surface area (Å²) in [4.78, 5) is 27.1. The minimum atomic E-state index is -0.209. The number of fused-ring (bicyclic) bond motifs is 1. The van der Waals surface area contributed by atoms with Crippen molar-refractivity contribution in [1.29, 1.82) is 0 Å². The van der Waals surface area contributed by atoms with Crippen LogP contribution >= 0.6 is 0 Å². The zero-order valence-corrected chi connectivity index (χ0v) is 14.2. The van der Waals surface area contributed by atoms with Crippen molar-refractivity contribution in [3.8, 4) is 5.75 Å². The largest absolute Gasteiger partial charge is 0.493 e. The molecule has 1 unspecified atom stereocenters. The molecular formula is C19H22N2O3. The van der Waals surface area contributed by atoms with E-state index in [-0.39, 0.29) is 18.0 Å². The van der Waals surface area contributed by atoms with Crippen molar-refractivity contribution >= 4 is 5.91 Å². The summed E-state index contributed by atoms with van der Waals surface area (Å²) >= 11 is 0. The number of carbonyl (C=O) groups excluding carboxylic acids is 1. The number of ether oxygens (including phenoxy) is 1. The molecular weight excluding hydrogens is 304 g/mol. The fraction of sp³-hybridized carbons (Fsp3) is 0.368. The highest BCUT2D eigenvalue weighted by Crippen LogP contribution is 2.28. The van der Waals surface area contributed by atoms with Crippen LogP contribution in [0.2, 0.25) is 0 Å². The molecule has 0 saturated heterocycles. The second-order valence-corrected chi connectivity index (χ2v) is 6.57. The standard InChI is InChI=1S/C19H22N2O3/c1-11-6-14-4-5-15(8-17(14)24-10-11)18(22)20-9-16-12(2)7-13(3)21-19(16)23/h4-5,7-8,11H,6,9-10H2,1-3H3,(H,20,22)(H,21,23). The van der Waals surface area contributed by atoms with Gasteiger partial charge in [0.05, 0.1) is 6.61 Å². The highest BCUT2D eigenvalue weighted by molar-refractivity contribution is 5.94. The van der Waals surface area contributed by atoms with Crippen molar-refractivity contribution in [2.45, 2.75) is 33.7 Å². The molecule has 0 radical (unpaired) electrons. The van der Waals surface area contributed by atoms with Gasteiger partial charge in [-0.05, 0) is 55.5 Å². The van der Waals surface area contributed by atoms with E-state index in [1.165, 1.54) is 0 Å². The first-order chi connectivity index (χ1) is 11.4. The van der Waals surface area contributed by atoms with Gasteiger partial charge in [-0.1, -0.05) is 13.0 Å². The number of pyridine rings is 1. The molecule has 0 saturated carbocycles. The Morgan fingerprint density at radius 1 is 1.33 bits per heavy atom. The van der Waals surface area contributed by atoms with Crippen molar-refractivity contribution in [3.63, 3.8) is 0 Å². The maximum atomic E-state index is 12.4. The van der Waals surface area contributed by atoms with Gasteiger partial charge in [-0.25, -0.2) is 0 Å². The Balaban J connectivity index is 1.73. The first-order valence-electron chi connectivity index (χ1n) is 8.17. The van der Waals surface area contributed by atoms with E-state index in [9.17, 15) is 9.59 Å². The Kier molecular flexibility index (Phi) is 4.42. The molecule has 5 heteroatoms. The van der Waals surface area contributed by atoms with E-state index in [0.717, 1.165) is 29.0 Å². The lowest BCUT2D eigenvalue weighted by Gasteiger charge is -2.22. The fourth-order valence-corrected chi connectivity index (χ4v) is 3.04. The Morgan fingerprint density at radius 3 is 2.88 bits per heavy atom. The van der Waals surface area contributed by atoms with E-state index in [1.807, 2.05) is 32.0 Å². The molecule has 0 aliphatic carbocycles. The van der Waals surface area contributed by atoms with Gasteiger partial charge in [-0.3, -0.25) is 9.59 Å². The Morgan fingerprint density at radius 2 is 2.12 bits per heavy atom. The molecule has 2 heterocycles. The van der Waals surface area contributed by atoms with Gasteiger partial charge in [0.1, 0.15) is 5.75 Å². The van der Waals surface area contributed by atoms with Crippen LogP contribution in [0, 0.1) is 19.8 Å². The topological polar surface area (TPSA) is 71.2 Å². The lowest BCUT2D eigenvalue weighted by molar-refractivity contribution is 0.0950. The van der Waals surface area contributed by atoms with Crippen LogP contribution < -0.4 is 15.6 Å². The molecule has 1 atom stereocenters. The van der Waals surface area contributed by atoms with Crippen LogP contribution in [0.25, 0.3) is 0 Å². The highest BCUT2D eigenvalue weighted by atomic mass is 16.5.